The molecular weight excluding hydrogens is 415 g/mol. The van der Waals surface area contributed by atoms with Crippen molar-refractivity contribution in [3.8, 4) is 0 Å². The fraction of sp³-hybridized carbons (Fsp3) is 0.931. The first kappa shape index (κ1) is 25.2. The molecule has 0 aromatic rings. The molecule has 4 fully saturated rings. The van der Waals surface area contributed by atoms with Crippen LogP contribution < -0.4 is 0 Å². The summed E-state index contributed by atoms with van der Waals surface area (Å²) in [5, 5.41) is 0. The Labute approximate surface area is 201 Å². The van der Waals surface area contributed by atoms with Crippen molar-refractivity contribution >= 4 is 11.8 Å². The predicted octanol–water partition coefficient (Wildman–Crippen LogP) is 7.17. The van der Waals surface area contributed by atoms with Crippen molar-refractivity contribution in [1.29, 1.82) is 0 Å². The Bertz CT molecular complexity index is 749. The van der Waals surface area contributed by atoms with Gasteiger partial charge in [0.05, 0.1) is 0 Å². The number of rotatable bonds is 6. The molecule has 4 heteroatoms. The Morgan fingerprint density at radius 2 is 1.79 bits per heavy atom. The van der Waals surface area contributed by atoms with Gasteiger partial charge >= 0.3 is 5.97 Å². The fourth-order valence-corrected chi connectivity index (χ4v) is 9.20. The highest BCUT2D eigenvalue weighted by Crippen LogP contribution is 2.68. The monoisotopic (exact) mass is 462 g/mol. The van der Waals surface area contributed by atoms with Crippen molar-refractivity contribution < 1.29 is 18.7 Å². The molecule has 4 aliphatic rings. The number of ether oxygens (including phenoxy) is 1. The van der Waals surface area contributed by atoms with Crippen molar-refractivity contribution in [2.45, 2.75) is 118 Å². The summed E-state index contributed by atoms with van der Waals surface area (Å²) in [4.78, 5) is 25.1. The average Bonchev–Trinajstić information content (AvgIpc) is 2.99. The number of halogens is 1. The van der Waals surface area contributed by atoms with Crippen molar-refractivity contribution in [2.24, 2.45) is 52.3 Å². The molecule has 3 nitrogen and oxygen atoms in total. The number of fused-ring (bicyclic) bond motifs is 5. The molecule has 10 atom stereocenters. The Hall–Kier alpha value is -0.930. The number of esters is 1. The summed E-state index contributed by atoms with van der Waals surface area (Å²) in [6, 6.07) is 0. The van der Waals surface area contributed by atoms with Crippen LogP contribution in [0.4, 0.5) is 4.39 Å². The quantitative estimate of drug-likeness (QED) is 0.393. The SMILES string of the molecule is CC(=O)O[C@H]1CC[C@@]2(C)[C@@H](CC(=O)[C@H]3[C@@H]4[C@@H](F)C[C@H]([C@H](C)CCCC(C)C)[C@@]4(C)CC[C@@H]32)C1. The van der Waals surface area contributed by atoms with E-state index in [1.165, 1.54) is 26.2 Å². The number of hydrogen-bond acceptors (Lipinski definition) is 3. The third-order valence-electron chi connectivity index (χ3n) is 10.9. The van der Waals surface area contributed by atoms with Crippen LogP contribution in [0.25, 0.3) is 0 Å². The Balaban J connectivity index is 1.53. The highest BCUT2D eigenvalue weighted by atomic mass is 19.1. The van der Waals surface area contributed by atoms with E-state index in [1.54, 1.807) is 0 Å². The standard InChI is InChI=1S/C29H47FO3/c1-17(2)8-7-9-18(3)23-16-24(30)27-26-22(11-13-29(23,27)6)28(5)12-10-21(33-19(4)31)14-20(28)15-25(26)32/h17-18,20-24,26-27H,7-16H2,1-6H3/t18-,20-,21+,22+,23-,24+,26+,27+,28+,29-/m1/s1. The second kappa shape index (κ2) is 9.26. The van der Waals surface area contributed by atoms with Gasteiger partial charge in [-0.15, -0.1) is 0 Å². The number of hydrogen-bond donors (Lipinski definition) is 0. The van der Waals surface area contributed by atoms with Crippen LogP contribution in [0.3, 0.4) is 0 Å². The zero-order valence-corrected chi connectivity index (χ0v) is 21.9. The largest absolute Gasteiger partial charge is 0.463 e. The van der Waals surface area contributed by atoms with Crippen LogP contribution in [0, 0.1) is 52.3 Å². The lowest BCUT2D eigenvalue weighted by Gasteiger charge is -2.60. The minimum absolute atomic E-state index is 0.0500. The molecule has 0 aliphatic heterocycles. The Morgan fingerprint density at radius 1 is 1.09 bits per heavy atom. The third kappa shape index (κ3) is 4.42. The number of carbonyl (C=O) groups excluding carboxylic acids is 2. The summed E-state index contributed by atoms with van der Waals surface area (Å²) in [6.07, 6.45) is 8.70. The minimum atomic E-state index is -0.846. The smallest absolute Gasteiger partial charge is 0.302 e. The molecule has 4 rings (SSSR count). The van der Waals surface area contributed by atoms with Crippen LogP contribution in [0.1, 0.15) is 106 Å². The molecule has 0 bridgehead atoms. The van der Waals surface area contributed by atoms with E-state index in [-0.39, 0.29) is 46.6 Å². The van der Waals surface area contributed by atoms with Gasteiger partial charge in [0.1, 0.15) is 18.1 Å². The zero-order valence-electron chi connectivity index (χ0n) is 21.9. The minimum Gasteiger partial charge on any atom is -0.463 e. The van der Waals surface area contributed by atoms with Crippen molar-refractivity contribution in [3.05, 3.63) is 0 Å². The molecule has 4 saturated carbocycles. The van der Waals surface area contributed by atoms with Crippen LogP contribution in [0.2, 0.25) is 0 Å². The number of alkyl halides is 1. The summed E-state index contributed by atoms with van der Waals surface area (Å²) in [5.41, 5.74) is 0.0167. The molecule has 0 aromatic carbocycles. The lowest BCUT2D eigenvalue weighted by atomic mass is 9.44. The van der Waals surface area contributed by atoms with E-state index in [1.807, 2.05) is 0 Å². The summed E-state index contributed by atoms with van der Waals surface area (Å²) < 4.78 is 21.4. The first-order chi connectivity index (χ1) is 15.5. The van der Waals surface area contributed by atoms with Gasteiger partial charge in [0.2, 0.25) is 0 Å². The van der Waals surface area contributed by atoms with Gasteiger partial charge in [-0.25, -0.2) is 4.39 Å². The van der Waals surface area contributed by atoms with Crippen LogP contribution in [0.5, 0.6) is 0 Å². The molecule has 0 radical (unpaired) electrons. The zero-order chi connectivity index (χ0) is 24.1. The highest BCUT2D eigenvalue weighted by molar-refractivity contribution is 5.83. The van der Waals surface area contributed by atoms with Crippen molar-refractivity contribution in [1.82, 2.24) is 0 Å². The summed E-state index contributed by atoms with van der Waals surface area (Å²) >= 11 is 0. The molecule has 4 aliphatic carbocycles. The van der Waals surface area contributed by atoms with Crippen LogP contribution in [-0.4, -0.2) is 24.0 Å². The van der Waals surface area contributed by atoms with E-state index in [9.17, 15) is 9.59 Å². The van der Waals surface area contributed by atoms with Gasteiger partial charge in [-0.3, -0.25) is 9.59 Å². The van der Waals surface area contributed by atoms with E-state index in [0.29, 0.717) is 30.5 Å². The summed E-state index contributed by atoms with van der Waals surface area (Å²) in [5.74, 6) is 2.04. The lowest BCUT2D eigenvalue weighted by Crippen LogP contribution is -2.58. The molecule has 0 amide bonds. The van der Waals surface area contributed by atoms with E-state index in [0.717, 1.165) is 38.0 Å². The molecule has 33 heavy (non-hydrogen) atoms. The molecule has 0 spiro atoms. The molecule has 188 valence electrons. The Kier molecular flexibility index (Phi) is 7.07. The topological polar surface area (TPSA) is 43.4 Å². The van der Waals surface area contributed by atoms with Crippen LogP contribution >= 0.6 is 0 Å². The number of carbonyl (C=O) groups is 2. The van der Waals surface area contributed by atoms with Crippen molar-refractivity contribution in [2.75, 3.05) is 0 Å². The normalized spacial score (nSPS) is 45.8. The second-order valence-electron chi connectivity index (χ2n) is 13.2. The molecule has 0 heterocycles. The van der Waals surface area contributed by atoms with Crippen LogP contribution in [0.15, 0.2) is 0 Å². The first-order valence-corrected chi connectivity index (χ1v) is 13.8. The third-order valence-corrected chi connectivity index (χ3v) is 10.9. The fourth-order valence-electron chi connectivity index (χ4n) is 9.20. The van der Waals surface area contributed by atoms with Gasteiger partial charge in [0, 0.05) is 25.2 Å². The first-order valence-electron chi connectivity index (χ1n) is 13.8. The number of Topliss-reactive ketones (excluding diaryl/α,β-unsaturated/α-hetero) is 1. The van der Waals surface area contributed by atoms with Gasteiger partial charge in [-0.1, -0.05) is 53.9 Å². The van der Waals surface area contributed by atoms with E-state index in [4.69, 9.17) is 4.74 Å². The molecule has 0 N–H and O–H groups in total. The average molecular weight is 463 g/mol. The van der Waals surface area contributed by atoms with Gasteiger partial charge in [-0.05, 0) is 78.9 Å². The second-order valence-corrected chi connectivity index (χ2v) is 13.2. The van der Waals surface area contributed by atoms with Gasteiger partial charge < -0.3 is 4.74 Å². The molecular formula is C29H47FO3. The van der Waals surface area contributed by atoms with Crippen LogP contribution in [-0.2, 0) is 14.3 Å². The van der Waals surface area contributed by atoms with Gasteiger partial charge in [0.25, 0.3) is 0 Å². The Morgan fingerprint density at radius 3 is 2.45 bits per heavy atom. The highest BCUT2D eigenvalue weighted by Gasteiger charge is 2.66. The van der Waals surface area contributed by atoms with E-state index in [2.05, 4.69) is 34.6 Å². The van der Waals surface area contributed by atoms with Crippen molar-refractivity contribution in [3.63, 3.8) is 0 Å². The predicted molar refractivity (Wildman–Crippen MR) is 129 cm³/mol. The summed E-state index contributed by atoms with van der Waals surface area (Å²) in [7, 11) is 0. The molecule has 0 unspecified atom stereocenters. The van der Waals surface area contributed by atoms with Gasteiger partial charge in [0.15, 0.2) is 0 Å². The molecule has 0 saturated heterocycles. The summed E-state index contributed by atoms with van der Waals surface area (Å²) in [6.45, 7) is 13.1. The van der Waals surface area contributed by atoms with Gasteiger partial charge in [-0.2, -0.15) is 0 Å². The lowest BCUT2D eigenvalue weighted by molar-refractivity contribution is -0.170. The maximum atomic E-state index is 15.9. The maximum absolute atomic E-state index is 15.9. The van der Waals surface area contributed by atoms with E-state index < -0.39 is 6.17 Å². The van der Waals surface area contributed by atoms with E-state index >= 15 is 4.39 Å². The number of ketones is 1. The maximum Gasteiger partial charge on any atom is 0.302 e. The molecule has 0 aromatic heterocycles.